The fourth-order valence-corrected chi connectivity index (χ4v) is 3.18. The van der Waals surface area contributed by atoms with Crippen LogP contribution in [0.3, 0.4) is 0 Å². The maximum absolute atomic E-state index is 12.5. The molecule has 1 aromatic carbocycles. The van der Waals surface area contributed by atoms with Gasteiger partial charge < -0.3 is 15.0 Å². The molecule has 1 aliphatic heterocycles. The van der Waals surface area contributed by atoms with Gasteiger partial charge in [0.2, 0.25) is 5.91 Å². The Morgan fingerprint density at radius 2 is 1.96 bits per heavy atom. The second kappa shape index (κ2) is 8.55. The molecular weight excluding hydrogens is 344 g/mol. The van der Waals surface area contributed by atoms with Gasteiger partial charge in [-0.15, -0.1) is 0 Å². The Morgan fingerprint density at radius 3 is 2.59 bits per heavy atom. The first-order valence-electron chi connectivity index (χ1n) is 9.49. The number of ether oxygens (including phenoxy) is 1. The van der Waals surface area contributed by atoms with Crippen LogP contribution in [0, 0.1) is 5.92 Å². The van der Waals surface area contributed by atoms with Gasteiger partial charge >= 0.3 is 5.97 Å². The molecule has 1 aromatic rings. The van der Waals surface area contributed by atoms with Gasteiger partial charge in [-0.3, -0.25) is 14.4 Å². The molecule has 1 aliphatic rings. The van der Waals surface area contributed by atoms with Crippen molar-refractivity contribution in [1.29, 1.82) is 0 Å². The average molecular weight is 374 g/mol. The highest BCUT2D eigenvalue weighted by Gasteiger charge is 2.37. The summed E-state index contributed by atoms with van der Waals surface area (Å²) < 4.78 is 5.14. The van der Waals surface area contributed by atoms with Gasteiger partial charge in [-0.2, -0.15) is 0 Å². The molecule has 2 rings (SSSR count). The Kier molecular flexibility index (Phi) is 6.63. The van der Waals surface area contributed by atoms with Gasteiger partial charge in [-0.25, -0.2) is 0 Å². The van der Waals surface area contributed by atoms with E-state index in [2.05, 4.69) is 19.2 Å². The third kappa shape index (κ3) is 5.55. The molecule has 2 atom stereocenters. The number of nitrogens with zero attached hydrogens (tertiary/aromatic N) is 1. The van der Waals surface area contributed by atoms with Crippen molar-refractivity contribution in [2.45, 2.75) is 58.9 Å². The largest absolute Gasteiger partial charge is 0.455 e. The standard InChI is InChI=1S/C21H30N2O4/c1-6-14(2)16-9-7-8-10-17(16)23-12-15(11-19(23)25)20(26)27-13-18(24)22-21(3,4)5/h7-10,14-15H,6,11-13H2,1-5H3,(H,22,24)/t14-,15-/m0/s1. The highest BCUT2D eigenvalue weighted by Crippen LogP contribution is 2.33. The maximum atomic E-state index is 12.5. The van der Waals surface area contributed by atoms with Crippen molar-refractivity contribution in [3.63, 3.8) is 0 Å². The molecule has 0 aliphatic carbocycles. The van der Waals surface area contributed by atoms with E-state index in [-0.39, 0.29) is 36.9 Å². The quantitative estimate of drug-likeness (QED) is 0.777. The summed E-state index contributed by atoms with van der Waals surface area (Å²) in [7, 11) is 0. The highest BCUT2D eigenvalue weighted by molar-refractivity contribution is 6.00. The number of rotatable bonds is 6. The second-order valence-corrected chi connectivity index (χ2v) is 8.18. The third-order valence-corrected chi connectivity index (χ3v) is 4.69. The van der Waals surface area contributed by atoms with E-state index >= 15 is 0 Å². The van der Waals surface area contributed by atoms with E-state index in [0.29, 0.717) is 5.92 Å². The van der Waals surface area contributed by atoms with E-state index in [1.54, 1.807) is 4.90 Å². The molecular formula is C21H30N2O4. The van der Waals surface area contributed by atoms with Gasteiger partial charge in [-0.1, -0.05) is 32.0 Å². The number of benzene rings is 1. The molecule has 2 amide bonds. The van der Waals surface area contributed by atoms with Crippen LogP contribution in [0.4, 0.5) is 5.69 Å². The third-order valence-electron chi connectivity index (χ3n) is 4.69. The van der Waals surface area contributed by atoms with E-state index < -0.39 is 11.9 Å². The zero-order valence-corrected chi connectivity index (χ0v) is 16.9. The maximum Gasteiger partial charge on any atom is 0.311 e. The van der Waals surface area contributed by atoms with Gasteiger partial charge in [0.1, 0.15) is 0 Å². The van der Waals surface area contributed by atoms with Crippen LogP contribution in [0.1, 0.15) is 58.9 Å². The van der Waals surface area contributed by atoms with Crippen molar-refractivity contribution >= 4 is 23.5 Å². The van der Waals surface area contributed by atoms with Gasteiger partial charge in [0.05, 0.1) is 5.92 Å². The number of carbonyl (C=O) groups excluding carboxylic acids is 3. The van der Waals surface area contributed by atoms with E-state index in [0.717, 1.165) is 17.7 Å². The normalized spacial score (nSPS) is 18.3. The number of esters is 1. The first-order chi connectivity index (χ1) is 12.6. The number of anilines is 1. The number of nitrogens with one attached hydrogen (secondary N) is 1. The molecule has 27 heavy (non-hydrogen) atoms. The van der Waals surface area contributed by atoms with Crippen molar-refractivity contribution in [2.75, 3.05) is 18.1 Å². The van der Waals surface area contributed by atoms with Crippen LogP contribution in [-0.4, -0.2) is 36.5 Å². The molecule has 1 heterocycles. The number of carbonyl (C=O) groups is 3. The molecule has 1 N–H and O–H groups in total. The van der Waals surface area contributed by atoms with Crippen molar-refractivity contribution in [3.05, 3.63) is 29.8 Å². The predicted molar refractivity (Wildman–Crippen MR) is 104 cm³/mol. The van der Waals surface area contributed by atoms with Crippen LogP contribution in [0.15, 0.2) is 24.3 Å². The molecule has 0 aromatic heterocycles. The lowest BCUT2D eigenvalue weighted by atomic mass is 9.96. The molecule has 0 saturated carbocycles. The second-order valence-electron chi connectivity index (χ2n) is 8.18. The number of hydrogen-bond acceptors (Lipinski definition) is 4. The zero-order chi connectivity index (χ0) is 20.2. The van der Waals surface area contributed by atoms with E-state index in [1.165, 1.54) is 0 Å². The predicted octanol–water partition coefficient (Wildman–Crippen LogP) is 3.01. The summed E-state index contributed by atoms with van der Waals surface area (Å²) in [5, 5.41) is 2.74. The molecule has 0 unspecified atom stereocenters. The van der Waals surface area contributed by atoms with Crippen LogP contribution in [-0.2, 0) is 19.1 Å². The fraction of sp³-hybridized carbons (Fsp3) is 0.571. The highest BCUT2D eigenvalue weighted by atomic mass is 16.5. The average Bonchev–Trinajstić information content (AvgIpc) is 2.99. The molecule has 6 heteroatoms. The van der Waals surface area contributed by atoms with Crippen LogP contribution >= 0.6 is 0 Å². The summed E-state index contributed by atoms with van der Waals surface area (Å²) in [5.41, 5.74) is 1.58. The topological polar surface area (TPSA) is 75.7 Å². The van der Waals surface area contributed by atoms with Crippen molar-refractivity contribution in [1.82, 2.24) is 5.32 Å². The summed E-state index contributed by atoms with van der Waals surface area (Å²) >= 11 is 0. The lowest BCUT2D eigenvalue weighted by Gasteiger charge is -2.23. The Morgan fingerprint density at radius 1 is 1.30 bits per heavy atom. The summed E-state index contributed by atoms with van der Waals surface area (Å²) in [5.74, 6) is -1.17. The van der Waals surface area contributed by atoms with Crippen molar-refractivity contribution in [3.8, 4) is 0 Å². The smallest absolute Gasteiger partial charge is 0.311 e. The summed E-state index contributed by atoms with van der Waals surface area (Å²) in [6.07, 6.45) is 1.07. The van der Waals surface area contributed by atoms with Gasteiger partial charge in [-0.05, 0) is 44.7 Å². The first-order valence-corrected chi connectivity index (χ1v) is 9.49. The SMILES string of the molecule is CC[C@H](C)c1ccccc1N1C[C@@H](C(=O)OCC(=O)NC(C)(C)C)CC1=O. The minimum absolute atomic E-state index is 0.0909. The number of hydrogen-bond donors (Lipinski definition) is 1. The molecule has 1 fully saturated rings. The van der Waals surface area contributed by atoms with E-state index in [4.69, 9.17) is 4.74 Å². The summed E-state index contributed by atoms with van der Waals surface area (Å²) in [6.45, 7) is 9.75. The minimum atomic E-state index is -0.551. The Bertz CT molecular complexity index is 708. The minimum Gasteiger partial charge on any atom is -0.455 e. The molecule has 148 valence electrons. The van der Waals surface area contributed by atoms with Crippen molar-refractivity contribution < 1.29 is 19.1 Å². The van der Waals surface area contributed by atoms with E-state index in [9.17, 15) is 14.4 Å². The van der Waals surface area contributed by atoms with Gasteiger partial charge in [0.25, 0.3) is 5.91 Å². The molecule has 0 radical (unpaired) electrons. The Balaban J connectivity index is 2.01. The summed E-state index contributed by atoms with van der Waals surface area (Å²) in [4.78, 5) is 38.3. The Hall–Kier alpha value is -2.37. The first kappa shape index (κ1) is 20.9. The van der Waals surface area contributed by atoms with Crippen LogP contribution in [0.5, 0.6) is 0 Å². The summed E-state index contributed by atoms with van der Waals surface area (Å²) in [6, 6.07) is 7.81. The lowest BCUT2D eigenvalue weighted by molar-refractivity contribution is -0.152. The van der Waals surface area contributed by atoms with Crippen LogP contribution < -0.4 is 10.2 Å². The van der Waals surface area contributed by atoms with Crippen LogP contribution in [0.25, 0.3) is 0 Å². The number of para-hydroxylation sites is 1. The van der Waals surface area contributed by atoms with Gasteiger partial charge in [0, 0.05) is 24.2 Å². The lowest BCUT2D eigenvalue weighted by Crippen LogP contribution is -2.43. The molecule has 0 spiro atoms. The Labute approximate surface area is 161 Å². The van der Waals surface area contributed by atoms with Gasteiger partial charge in [0.15, 0.2) is 6.61 Å². The molecule has 1 saturated heterocycles. The van der Waals surface area contributed by atoms with Crippen molar-refractivity contribution in [2.24, 2.45) is 5.92 Å². The molecule has 0 bridgehead atoms. The zero-order valence-electron chi connectivity index (χ0n) is 16.9. The van der Waals surface area contributed by atoms with E-state index in [1.807, 2.05) is 45.0 Å². The van der Waals surface area contributed by atoms with Crippen LogP contribution in [0.2, 0.25) is 0 Å². The molecule has 6 nitrogen and oxygen atoms in total. The monoisotopic (exact) mass is 374 g/mol. The number of amides is 2. The fourth-order valence-electron chi connectivity index (χ4n) is 3.18.